The van der Waals surface area contributed by atoms with Crippen LogP contribution in [0, 0.1) is 17.8 Å². The Morgan fingerprint density at radius 3 is 2.37 bits per heavy atom. The van der Waals surface area contributed by atoms with Gasteiger partial charge < -0.3 is 28.4 Å². The fraction of sp³-hybridized carbons (Fsp3) is 0.840. The van der Waals surface area contributed by atoms with E-state index in [0.717, 1.165) is 19.3 Å². The van der Waals surface area contributed by atoms with Crippen LogP contribution in [-0.4, -0.2) is 90.4 Å². The predicted molar refractivity (Wildman–Crippen MR) is 127 cm³/mol. The molecule has 5 saturated heterocycles. The van der Waals surface area contributed by atoms with Crippen LogP contribution in [0.2, 0.25) is 0 Å². The molecular formula is C25H32F2O13S. The first-order valence-corrected chi connectivity index (χ1v) is 15.0. The van der Waals surface area contributed by atoms with E-state index in [0.29, 0.717) is 13.3 Å². The SMILES string of the molecule is CCC(C)(OC(=O)C1C2OC3C(OC(=O)C31)C2OC(=O)CCC(=O)OC(C)C(F)(F)S(=O)(=O)O)C1CC2CCC1O2. The number of halogens is 2. The number of carbonyl (C=O) groups is 4. The third-order valence-corrected chi connectivity index (χ3v) is 10.0. The summed E-state index contributed by atoms with van der Waals surface area (Å²) in [4.78, 5) is 50.6. The van der Waals surface area contributed by atoms with E-state index in [4.69, 9.17) is 28.2 Å². The van der Waals surface area contributed by atoms with Crippen molar-refractivity contribution in [2.24, 2.45) is 17.8 Å². The maximum atomic E-state index is 13.6. The van der Waals surface area contributed by atoms with Gasteiger partial charge >= 0.3 is 39.2 Å². The molecular weight excluding hydrogens is 578 g/mol. The van der Waals surface area contributed by atoms with E-state index in [1.54, 1.807) is 0 Å². The van der Waals surface area contributed by atoms with Crippen molar-refractivity contribution in [3.8, 4) is 0 Å². The van der Waals surface area contributed by atoms with E-state index < -0.39 is 100 Å². The van der Waals surface area contributed by atoms with Gasteiger partial charge in [-0.15, -0.1) is 0 Å². The van der Waals surface area contributed by atoms with Crippen LogP contribution >= 0.6 is 0 Å². The lowest BCUT2D eigenvalue weighted by Gasteiger charge is -2.39. The molecule has 0 aliphatic carbocycles. The molecule has 5 fully saturated rings. The monoisotopic (exact) mass is 610 g/mol. The highest BCUT2D eigenvalue weighted by Crippen LogP contribution is 2.53. The minimum Gasteiger partial charge on any atom is -0.459 e. The Balaban J connectivity index is 1.20. The number of carbonyl (C=O) groups excluding carboxylic acids is 4. The Morgan fingerprint density at radius 2 is 1.78 bits per heavy atom. The Morgan fingerprint density at radius 1 is 1.10 bits per heavy atom. The molecule has 5 heterocycles. The zero-order valence-electron chi connectivity index (χ0n) is 22.5. The molecule has 1 N–H and O–H groups in total. The molecule has 0 saturated carbocycles. The number of esters is 4. The zero-order chi connectivity index (χ0) is 30.1. The number of ether oxygens (including phenoxy) is 6. The summed E-state index contributed by atoms with van der Waals surface area (Å²) < 4.78 is 90.4. The highest BCUT2D eigenvalue weighted by molar-refractivity contribution is 7.86. The lowest BCUT2D eigenvalue weighted by atomic mass is 9.75. The minimum atomic E-state index is -5.84. The fourth-order valence-corrected chi connectivity index (χ4v) is 7.14. The summed E-state index contributed by atoms with van der Waals surface area (Å²) in [5, 5.41) is -4.76. The van der Waals surface area contributed by atoms with E-state index in [-0.39, 0.29) is 18.1 Å². The number of hydrogen-bond donors (Lipinski definition) is 1. The molecule has 5 aliphatic heterocycles. The maximum Gasteiger partial charge on any atom is 0.405 e. The second kappa shape index (κ2) is 10.4. The first kappa shape index (κ1) is 30.0. The van der Waals surface area contributed by atoms with Gasteiger partial charge in [-0.2, -0.15) is 17.2 Å². The Bertz CT molecular complexity index is 1220. The summed E-state index contributed by atoms with van der Waals surface area (Å²) in [5.74, 6) is -5.73. The van der Waals surface area contributed by atoms with Gasteiger partial charge in [0.1, 0.15) is 29.6 Å². The van der Waals surface area contributed by atoms with Crippen LogP contribution in [0.5, 0.6) is 0 Å². The number of hydrogen-bond acceptors (Lipinski definition) is 12. The van der Waals surface area contributed by atoms with Crippen molar-refractivity contribution < 1.29 is 69.4 Å². The van der Waals surface area contributed by atoms with Crippen molar-refractivity contribution in [1.82, 2.24) is 0 Å². The summed E-state index contributed by atoms with van der Waals surface area (Å²) >= 11 is 0. The van der Waals surface area contributed by atoms with Crippen LogP contribution in [0.4, 0.5) is 8.78 Å². The molecule has 41 heavy (non-hydrogen) atoms. The average Bonchev–Trinajstić information content (AvgIpc) is 3.69. The smallest absolute Gasteiger partial charge is 0.405 e. The predicted octanol–water partition coefficient (Wildman–Crippen LogP) is 1.31. The van der Waals surface area contributed by atoms with Crippen LogP contribution in [-0.2, 0) is 57.7 Å². The Kier molecular flexibility index (Phi) is 7.61. The molecule has 0 spiro atoms. The quantitative estimate of drug-likeness (QED) is 0.201. The molecule has 11 atom stereocenters. The number of alkyl halides is 2. The first-order chi connectivity index (χ1) is 19.1. The highest BCUT2D eigenvalue weighted by atomic mass is 32.2. The average molecular weight is 611 g/mol. The second-order valence-electron chi connectivity index (χ2n) is 11.4. The third-order valence-electron chi connectivity index (χ3n) is 9.03. The molecule has 13 nitrogen and oxygen atoms in total. The lowest BCUT2D eigenvalue weighted by molar-refractivity contribution is -0.179. The molecule has 0 radical (unpaired) electrons. The zero-order valence-corrected chi connectivity index (χ0v) is 23.3. The molecule has 11 unspecified atom stereocenters. The fourth-order valence-electron chi connectivity index (χ4n) is 6.68. The Hall–Kier alpha value is -2.43. The van der Waals surface area contributed by atoms with Crippen LogP contribution < -0.4 is 0 Å². The summed E-state index contributed by atoms with van der Waals surface area (Å²) in [6, 6.07) is 0. The molecule has 5 aliphatic rings. The molecule has 16 heteroatoms. The Labute approximate surface area is 234 Å². The lowest BCUT2D eigenvalue weighted by Crippen LogP contribution is -2.51. The minimum absolute atomic E-state index is 0.00785. The molecule has 5 rings (SSSR count). The van der Waals surface area contributed by atoms with Crippen molar-refractivity contribution >= 4 is 34.0 Å². The summed E-state index contributed by atoms with van der Waals surface area (Å²) in [6.45, 7) is 4.30. The first-order valence-electron chi connectivity index (χ1n) is 13.6. The molecule has 230 valence electrons. The van der Waals surface area contributed by atoms with Gasteiger partial charge in [0.15, 0.2) is 18.3 Å². The summed E-state index contributed by atoms with van der Waals surface area (Å²) in [5.41, 5.74) is -0.851. The van der Waals surface area contributed by atoms with E-state index in [1.807, 2.05) is 13.8 Å². The normalized spacial score (nSPS) is 37.4. The van der Waals surface area contributed by atoms with Crippen LogP contribution in [0.25, 0.3) is 0 Å². The highest BCUT2D eigenvalue weighted by Gasteiger charge is 2.72. The van der Waals surface area contributed by atoms with Crippen molar-refractivity contribution in [2.75, 3.05) is 0 Å². The van der Waals surface area contributed by atoms with Gasteiger partial charge in [-0.05, 0) is 39.5 Å². The molecule has 0 aromatic rings. The summed E-state index contributed by atoms with van der Waals surface area (Å²) in [6.07, 6.45) is -4.74. The van der Waals surface area contributed by atoms with E-state index >= 15 is 0 Å². The van der Waals surface area contributed by atoms with Crippen molar-refractivity contribution in [3.05, 3.63) is 0 Å². The van der Waals surface area contributed by atoms with Crippen LogP contribution in [0.1, 0.15) is 59.3 Å². The van der Waals surface area contributed by atoms with Crippen molar-refractivity contribution in [1.29, 1.82) is 0 Å². The van der Waals surface area contributed by atoms with Gasteiger partial charge in [-0.3, -0.25) is 23.7 Å². The van der Waals surface area contributed by atoms with E-state index in [9.17, 15) is 36.4 Å². The maximum absolute atomic E-state index is 13.6. The summed E-state index contributed by atoms with van der Waals surface area (Å²) in [7, 11) is -5.84. The third kappa shape index (κ3) is 5.10. The van der Waals surface area contributed by atoms with Crippen LogP contribution in [0.3, 0.4) is 0 Å². The standard InChI is InChI=1S/C25H32F2O13S/c1-4-24(3,12-9-11-5-6-13(12)36-11)40-23(31)17-16-18-21(39-22(16)30)20(19(17)38-18)37-15(29)8-7-14(28)35-10(2)25(26,27)41(32,33)34/h10-13,16-21H,4-9H2,1-3H3,(H,32,33,34). The molecule has 0 amide bonds. The van der Waals surface area contributed by atoms with E-state index in [1.165, 1.54) is 0 Å². The topological polar surface area (TPSA) is 178 Å². The molecule has 0 aromatic carbocycles. The number of rotatable bonds is 11. The van der Waals surface area contributed by atoms with Gasteiger partial charge in [0.2, 0.25) is 0 Å². The molecule has 4 bridgehead atoms. The van der Waals surface area contributed by atoms with Gasteiger partial charge in [-0.25, -0.2) is 0 Å². The van der Waals surface area contributed by atoms with Gasteiger partial charge in [0, 0.05) is 5.92 Å². The van der Waals surface area contributed by atoms with Gasteiger partial charge in [0.05, 0.1) is 25.0 Å². The van der Waals surface area contributed by atoms with Crippen molar-refractivity contribution in [2.45, 2.75) is 113 Å². The van der Waals surface area contributed by atoms with Crippen molar-refractivity contribution in [3.63, 3.8) is 0 Å². The van der Waals surface area contributed by atoms with E-state index in [2.05, 4.69) is 4.74 Å². The van der Waals surface area contributed by atoms with Gasteiger partial charge in [-0.1, -0.05) is 6.92 Å². The van der Waals surface area contributed by atoms with Crippen LogP contribution in [0.15, 0.2) is 0 Å². The number of fused-ring (bicyclic) bond motifs is 3. The molecule has 0 aromatic heterocycles. The van der Waals surface area contributed by atoms with Gasteiger partial charge in [0.25, 0.3) is 0 Å². The largest absolute Gasteiger partial charge is 0.459 e. The second-order valence-corrected chi connectivity index (χ2v) is 12.9.